The van der Waals surface area contributed by atoms with Gasteiger partial charge in [0, 0.05) is 5.56 Å². The summed E-state index contributed by atoms with van der Waals surface area (Å²) >= 11 is 3.51. The first kappa shape index (κ1) is 18.9. The third kappa shape index (κ3) is 5.53. The summed E-state index contributed by atoms with van der Waals surface area (Å²) < 4.78 is 6.65. The highest BCUT2D eigenvalue weighted by molar-refractivity contribution is 9.10. The van der Waals surface area contributed by atoms with Crippen LogP contribution in [0.1, 0.15) is 27.0 Å². The van der Waals surface area contributed by atoms with Crippen molar-refractivity contribution in [1.29, 1.82) is 0 Å². The number of nitrogens with zero attached hydrogens (tertiary/aromatic N) is 1. The lowest BCUT2D eigenvalue weighted by Gasteiger charge is -2.08. The molecule has 0 aliphatic carbocycles. The monoisotopic (exact) mass is 422 g/mol. The van der Waals surface area contributed by atoms with Gasteiger partial charge in [-0.05, 0) is 64.3 Å². The maximum Gasteiger partial charge on any atom is 0.271 e. The van der Waals surface area contributed by atoms with Crippen LogP contribution in [0.3, 0.4) is 0 Å². The van der Waals surface area contributed by atoms with Crippen LogP contribution >= 0.6 is 15.9 Å². The smallest absolute Gasteiger partial charge is 0.271 e. The van der Waals surface area contributed by atoms with Crippen molar-refractivity contribution in [1.82, 2.24) is 5.43 Å². The SMILES string of the molecule is Cc1cccc(C(=O)N/N=C\c2ccc(OCc3ccccc3)c(Br)c2)c1. The number of rotatable bonds is 6. The Balaban J connectivity index is 1.58. The second-order valence-electron chi connectivity index (χ2n) is 6.03. The number of ether oxygens (including phenoxy) is 1. The molecule has 4 nitrogen and oxygen atoms in total. The molecule has 0 bridgehead atoms. The maximum absolute atomic E-state index is 12.1. The van der Waals surface area contributed by atoms with Crippen molar-refractivity contribution in [2.24, 2.45) is 5.10 Å². The van der Waals surface area contributed by atoms with Crippen molar-refractivity contribution in [3.63, 3.8) is 0 Å². The molecule has 136 valence electrons. The standard InChI is InChI=1S/C22H19BrN2O2/c1-16-6-5-9-19(12-16)22(26)25-24-14-18-10-11-21(20(23)13-18)27-15-17-7-3-2-4-8-17/h2-14H,15H2,1H3,(H,25,26)/b24-14-. The van der Waals surface area contributed by atoms with Gasteiger partial charge in [-0.1, -0.05) is 48.0 Å². The number of hydrazone groups is 1. The molecule has 0 aliphatic heterocycles. The highest BCUT2D eigenvalue weighted by atomic mass is 79.9. The van der Waals surface area contributed by atoms with E-state index < -0.39 is 0 Å². The fourth-order valence-corrected chi connectivity index (χ4v) is 2.98. The number of aryl methyl sites for hydroxylation is 1. The molecule has 1 N–H and O–H groups in total. The highest BCUT2D eigenvalue weighted by Gasteiger charge is 2.05. The Morgan fingerprint density at radius 3 is 2.63 bits per heavy atom. The van der Waals surface area contributed by atoms with Crippen LogP contribution in [0.4, 0.5) is 0 Å². The number of nitrogens with one attached hydrogen (secondary N) is 1. The number of hydrogen-bond acceptors (Lipinski definition) is 3. The van der Waals surface area contributed by atoms with Crippen LogP contribution in [0.25, 0.3) is 0 Å². The molecule has 0 aliphatic rings. The largest absolute Gasteiger partial charge is 0.488 e. The summed E-state index contributed by atoms with van der Waals surface area (Å²) in [6.07, 6.45) is 1.60. The van der Waals surface area contributed by atoms with Crippen molar-refractivity contribution in [3.05, 3.63) is 99.5 Å². The summed E-state index contributed by atoms with van der Waals surface area (Å²) in [6.45, 7) is 2.44. The van der Waals surface area contributed by atoms with Gasteiger partial charge in [-0.2, -0.15) is 5.10 Å². The Hall–Kier alpha value is -2.92. The minimum Gasteiger partial charge on any atom is -0.488 e. The lowest BCUT2D eigenvalue weighted by atomic mass is 10.1. The Kier molecular flexibility index (Phi) is 6.39. The summed E-state index contributed by atoms with van der Waals surface area (Å²) in [5.41, 5.74) is 6.10. The number of carbonyl (C=O) groups excluding carboxylic acids is 1. The topological polar surface area (TPSA) is 50.7 Å². The Morgan fingerprint density at radius 1 is 1.07 bits per heavy atom. The van der Waals surface area contributed by atoms with Crippen LogP contribution in [0.5, 0.6) is 5.75 Å². The molecule has 0 aromatic heterocycles. The summed E-state index contributed by atoms with van der Waals surface area (Å²) in [5.74, 6) is 0.511. The molecular weight excluding hydrogens is 404 g/mol. The van der Waals surface area contributed by atoms with Crippen molar-refractivity contribution >= 4 is 28.1 Å². The summed E-state index contributed by atoms with van der Waals surface area (Å²) in [6, 6.07) is 23.0. The van der Waals surface area contributed by atoms with E-state index in [1.807, 2.05) is 73.7 Å². The first-order valence-corrected chi connectivity index (χ1v) is 9.27. The van der Waals surface area contributed by atoms with Gasteiger partial charge < -0.3 is 4.74 Å². The molecule has 0 saturated carbocycles. The second kappa shape index (κ2) is 9.14. The summed E-state index contributed by atoms with van der Waals surface area (Å²) in [4.78, 5) is 12.1. The molecule has 5 heteroatoms. The average Bonchev–Trinajstić information content (AvgIpc) is 2.68. The second-order valence-corrected chi connectivity index (χ2v) is 6.89. The predicted octanol–water partition coefficient (Wildman–Crippen LogP) is 5.10. The molecule has 0 heterocycles. The third-order valence-corrected chi connectivity index (χ3v) is 4.47. The van der Waals surface area contributed by atoms with Crippen molar-refractivity contribution in [2.45, 2.75) is 13.5 Å². The maximum atomic E-state index is 12.1. The quantitative estimate of drug-likeness (QED) is 0.443. The molecular formula is C22H19BrN2O2. The van der Waals surface area contributed by atoms with E-state index in [9.17, 15) is 4.79 Å². The molecule has 1 amide bonds. The van der Waals surface area contributed by atoms with Crippen LogP contribution in [-0.4, -0.2) is 12.1 Å². The summed E-state index contributed by atoms with van der Waals surface area (Å²) in [5, 5.41) is 4.03. The molecule has 0 spiro atoms. The Morgan fingerprint density at radius 2 is 1.89 bits per heavy atom. The van der Waals surface area contributed by atoms with Crippen LogP contribution in [0.2, 0.25) is 0 Å². The lowest BCUT2D eigenvalue weighted by Crippen LogP contribution is -2.17. The molecule has 3 aromatic rings. The molecule has 0 fully saturated rings. The lowest BCUT2D eigenvalue weighted by molar-refractivity contribution is 0.0955. The van der Waals surface area contributed by atoms with Crippen molar-refractivity contribution in [3.8, 4) is 5.75 Å². The zero-order valence-corrected chi connectivity index (χ0v) is 16.4. The van der Waals surface area contributed by atoms with Crippen LogP contribution in [0.15, 0.2) is 82.4 Å². The van der Waals surface area contributed by atoms with Gasteiger partial charge in [-0.3, -0.25) is 4.79 Å². The minimum atomic E-state index is -0.239. The average molecular weight is 423 g/mol. The van der Waals surface area contributed by atoms with Gasteiger partial charge in [0.1, 0.15) is 12.4 Å². The van der Waals surface area contributed by atoms with E-state index in [1.165, 1.54) is 0 Å². The zero-order chi connectivity index (χ0) is 19.1. The Bertz CT molecular complexity index is 956. The number of benzene rings is 3. The fourth-order valence-electron chi connectivity index (χ4n) is 2.47. The first-order valence-electron chi connectivity index (χ1n) is 8.48. The number of hydrogen-bond donors (Lipinski definition) is 1. The molecule has 27 heavy (non-hydrogen) atoms. The van der Waals surface area contributed by atoms with E-state index in [4.69, 9.17) is 4.74 Å². The molecule has 0 radical (unpaired) electrons. The number of amides is 1. The van der Waals surface area contributed by atoms with Gasteiger partial charge in [0.2, 0.25) is 0 Å². The first-order chi connectivity index (χ1) is 13.1. The normalized spacial score (nSPS) is 10.7. The molecule has 0 saturated heterocycles. The van der Waals surface area contributed by atoms with E-state index in [0.717, 1.165) is 26.9 Å². The number of halogens is 1. The predicted molar refractivity (Wildman–Crippen MR) is 111 cm³/mol. The van der Waals surface area contributed by atoms with E-state index in [-0.39, 0.29) is 5.91 Å². The molecule has 0 atom stereocenters. The van der Waals surface area contributed by atoms with Crippen molar-refractivity contribution in [2.75, 3.05) is 0 Å². The minimum absolute atomic E-state index is 0.239. The highest BCUT2D eigenvalue weighted by Crippen LogP contribution is 2.26. The van der Waals surface area contributed by atoms with Gasteiger partial charge in [0.05, 0.1) is 10.7 Å². The van der Waals surface area contributed by atoms with Crippen LogP contribution < -0.4 is 10.2 Å². The van der Waals surface area contributed by atoms with Crippen LogP contribution in [0, 0.1) is 6.92 Å². The third-order valence-electron chi connectivity index (χ3n) is 3.85. The molecule has 3 rings (SSSR count). The van der Waals surface area contributed by atoms with Gasteiger partial charge in [0.25, 0.3) is 5.91 Å². The molecule has 3 aromatic carbocycles. The summed E-state index contributed by atoms with van der Waals surface area (Å²) in [7, 11) is 0. The van der Waals surface area contributed by atoms with E-state index >= 15 is 0 Å². The van der Waals surface area contributed by atoms with Gasteiger partial charge in [-0.15, -0.1) is 0 Å². The number of carbonyl (C=O) groups is 1. The fraction of sp³-hybridized carbons (Fsp3) is 0.0909. The van der Waals surface area contributed by atoms with Crippen molar-refractivity contribution < 1.29 is 9.53 Å². The zero-order valence-electron chi connectivity index (χ0n) is 14.9. The van der Waals surface area contributed by atoms with Crippen LogP contribution in [-0.2, 0) is 6.61 Å². The van der Waals surface area contributed by atoms with Gasteiger partial charge in [0.15, 0.2) is 0 Å². The van der Waals surface area contributed by atoms with Gasteiger partial charge in [-0.25, -0.2) is 5.43 Å². The van der Waals surface area contributed by atoms with E-state index in [0.29, 0.717) is 12.2 Å². The molecule has 0 unspecified atom stereocenters. The van der Waals surface area contributed by atoms with Gasteiger partial charge >= 0.3 is 0 Å². The van der Waals surface area contributed by atoms with E-state index in [2.05, 4.69) is 26.5 Å². The Labute approximate surface area is 167 Å². The van der Waals surface area contributed by atoms with E-state index in [1.54, 1.807) is 12.3 Å².